The highest BCUT2D eigenvalue weighted by atomic mass is 32.1. The van der Waals surface area contributed by atoms with Crippen molar-refractivity contribution in [3.05, 3.63) is 71.4 Å². The zero-order valence-corrected chi connectivity index (χ0v) is 15.5. The van der Waals surface area contributed by atoms with E-state index in [1.54, 1.807) is 23.5 Å². The van der Waals surface area contributed by atoms with Crippen molar-refractivity contribution >= 4 is 27.4 Å². The second-order valence-corrected chi connectivity index (χ2v) is 7.78. The summed E-state index contributed by atoms with van der Waals surface area (Å²) in [5.74, 6) is 2.64. The molecule has 1 saturated carbocycles. The largest absolute Gasteiger partial charge is 0.508 e. The summed E-state index contributed by atoms with van der Waals surface area (Å²) in [5.41, 5.74) is 3.45. The van der Waals surface area contributed by atoms with Gasteiger partial charge in [0.2, 0.25) is 0 Å². The number of hydrogen-bond donors (Lipinski definition) is 2. The smallest absolute Gasteiger partial charge is 0.139 e. The van der Waals surface area contributed by atoms with Crippen molar-refractivity contribution in [1.82, 2.24) is 9.97 Å². The van der Waals surface area contributed by atoms with Crippen LogP contribution in [0.5, 0.6) is 5.75 Å². The van der Waals surface area contributed by atoms with Crippen molar-refractivity contribution in [3.8, 4) is 16.9 Å². The molecule has 0 unspecified atom stereocenters. The Morgan fingerprint density at radius 1 is 1.00 bits per heavy atom. The summed E-state index contributed by atoms with van der Waals surface area (Å²) < 4.78 is 0. The van der Waals surface area contributed by atoms with E-state index < -0.39 is 0 Å². The monoisotopic (exact) mass is 373 g/mol. The van der Waals surface area contributed by atoms with Gasteiger partial charge in [-0.25, -0.2) is 9.97 Å². The van der Waals surface area contributed by atoms with E-state index >= 15 is 0 Å². The van der Waals surface area contributed by atoms with Crippen LogP contribution in [0.2, 0.25) is 0 Å². The molecule has 2 aromatic heterocycles. The number of nitrogens with zero attached hydrogens (tertiary/aromatic N) is 2. The van der Waals surface area contributed by atoms with Crippen molar-refractivity contribution in [3.63, 3.8) is 0 Å². The standard InChI is InChI=1S/C22H19N3OS/c26-17-10-6-14(7-11-17)12-23-21-19-18(15-4-2-1-3-5-15)13-27-22(19)25-20(24-21)16-8-9-16/h1-7,10-11,13,16,26H,8-9,12H2,(H,23,24,25). The highest BCUT2D eigenvalue weighted by Gasteiger charge is 2.28. The fraction of sp³-hybridized carbons (Fsp3) is 0.182. The minimum absolute atomic E-state index is 0.281. The summed E-state index contributed by atoms with van der Waals surface area (Å²) in [6.07, 6.45) is 2.36. The van der Waals surface area contributed by atoms with Gasteiger partial charge in [-0.3, -0.25) is 0 Å². The van der Waals surface area contributed by atoms with Crippen molar-refractivity contribution in [1.29, 1.82) is 0 Å². The molecule has 5 heteroatoms. The minimum Gasteiger partial charge on any atom is -0.508 e. The quantitative estimate of drug-likeness (QED) is 0.481. The first-order valence-electron chi connectivity index (χ1n) is 9.14. The lowest BCUT2D eigenvalue weighted by molar-refractivity contribution is 0.475. The Bertz CT molecular complexity index is 1090. The molecule has 2 aromatic carbocycles. The average Bonchev–Trinajstić information content (AvgIpc) is 3.47. The van der Waals surface area contributed by atoms with Gasteiger partial charge in [-0.2, -0.15) is 0 Å². The van der Waals surface area contributed by atoms with Crippen molar-refractivity contribution in [2.45, 2.75) is 25.3 Å². The van der Waals surface area contributed by atoms with Crippen LogP contribution in [-0.4, -0.2) is 15.1 Å². The first-order chi connectivity index (χ1) is 13.3. The van der Waals surface area contributed by atoms with E-state index in [1.807, 2.05) is 18.2 Å². The van der Waals surface area contributed by atoms with E-state index in [1.165, 1.54) is 24.0 Å². The lowest BCUT2D eigenvalue weighted by Gasteiger charge is -2.11. The Morgan fingerprint density at radius 3 is 2.52 bits per heavy atom. The molecule has 2 heterocycles. The molecule has 4 nitrogen and oxygen atoms in total. The maximum absolute atomic E-state index is 9.48. The topological polar surface area (TPSA) is 58.0 Å². The van der Waals surface area contributed by atoms with Crippen LogP contribution in [0.4, 0.5) is 5.82 Å². The predicted molar refractivity (Wildman–Crippen MR) is 110 cm³/mol. The Labute approximate surface area is 161 Å². The number of benzene rings is 2. The number of phenols is 1. The second-order valence-electron chi connectivity index (χ2n) is 6.92. The van der Waals surface area contributed by atoms with Crippen LogP contribution in [0.25, 0.3) is 21.3 Å². The molecule has 0 saturated heterocycles. The van der Waals surface area contributed by atoms with E-state index in [2.05, 4.69) is 35.0 Å². The number of anilines is 1. The third-order valence-corrected chi connectivity index (χ3v) is 5.75. The van der Waals surface area contributed by atoms with Crippen molar-refractivity contribution in [2.75, 3.05) is 5.32 Å². The van der Waals surface area contributed by atoms with Gasteiger partial charge in [-0.15, -0.1) is 11.3 Å². The number of thiophene rings is 1. The Hall–Kier alpha value is -2.92. The molecule has 1 fully saturated rings. The third kappa shape index (κ3) is 3.26. The fourth-order valence-electron chi connectivity index (χ4n) is 3.24. The molecule has 27 heavy (non-hydrogen) atoms. The number of rotatable bonds is 5. The molecule has 0 atom stereocenters. The van der Waals surface area contributed by atoms with E-state index in [0.29, 0.717) is 12.5 Å². The normalized spacial score (nSPS) is 13.8. The predicted octanol–water partition coefficient (Wildman–Crippen LogP) is 5.55. The first kappa shape index (κ1) is 16.3. The summed E-state index contributed by atoms with van der Waals surface area (Å²) in [6, 6.07) is 17.7. The highest BCUT2D eigenvalue weighted by Crippen LogP contribution is 2.42. The summed E-state index contributed by atoms with van der Waals surface area (Å²) in [4.78, 5) is 10.8. The fourth-order valence-corrected chi connectivity index (χ4v) is 4.19. The molecule has 2 N–H and O–H groups in total. The van der Waals surface area contributed by atoms with Crippen LogP contribution in [0.15, 0.2) is 60.0 Å². The van der Waals surface area contributed by atoms with Crippen molar-refractivity contribution < 1.29 is 5.11 Å². The summed E-state index contributed by atoms with van der Waals surface area (Å²) in [7, 11) is 0. The molecule has 0 spiro atoms. The van der Waals surface area contributed by atoms with Crippen LogP contribution < -0.4 is 5.32 Å². The van der Waals surface area contributed by atoms with Gasteiger partial charge < -0.3 is 10.4 Å². The van der Waals surface area contributed by atoms with E-state index in [4.69, 9.17) is 9.97 Å². The van der Waals surface area contributed by atoms with Crippen LogP contribution in [0, 0.1) is 0 Å². The number of fused-ring (bicyclic) bond motifs is 1. The molecule has 4 aromatic rings. The molecule has 0 amide bonds. The Balaban J connectivity index is 1.57. The maximum Gasteiger partial charge on any atom is 0.139 e. The third-order valence-electron chi connectivity index (χ3n) is 4.87. The number of phenolic OH excluding ortho intramolecular Hbond substituents is 1. The summed E-state index contributed by atoms with van der Waals surface area (Å²) in [6.45, 7) is 0.653. The van der Waals surface area contributed by atoms with Gasteiger partial charge >= 0.3 is 0 Å². The van der Waals surface area contributed by atoms with Gasteiger partial charge in [-0.1, -0.05) is 42.5 Å². The number of hydrogen-bond acceptors (Lipinski definition) is 5. The molecular weight excluding hydrogens is 354 g/mol. The van der Waals surface area contributed by atoms with Crippen LogP contribution in [0.1, 0.15) is 30.1 Å². The summed E-state index contributed by atoms with van der Waals surface area (Å²) in [5, 5.41) is 16.3. The molecular formula is C22H19N3OS. The lowest BCUT2D eigenvalue weighted by Crippen LogP contribution is -2.05. The zero-order valence-electron chi connectivity index (χ0n) is 14.7. The maximum atomic E-state index is 9.48. The van der Waals surface area contributed by atoms with Crippen LogP contribution in [-0.2, 0) is 6.54 Å². The van der Waals surface area contributed by atoms with Gasteiger partial charge in [0.05, 0.1) is 5.39 Å². The Kier molecular flexibility index (Phi) is 4.02. The van der Waals surface area contributed by atoms with Crippen molar-refractivity contribution in [2.24, 2.45) is 0 Å². The van der Waals surface area contributed by atoms with Gasteiger partial charge in [0.15, 0.2) is 0 Å². The molecule has 0 bridgehead atoms. The van der Waals surface area contributed by atoms with Crippen LogP contribution >= 0.6 is 11.3 Å². The Morgan fingerprint density at radius 2 is 1.78 bits per heavy atom. The van der Waals surface area contributed by atoms with Gasteiger partial charge in [-0.05, 0) is 36.1 Å². The molecule has 0 radical (unpaired) electrons. The lowest BCUT2D eigenvalue weighted by atomic mass is 10.1. The average molecular weight is 373 g/mol. The number of aromatic nitrogens is 2. The van der Waals surface area contributed by atoms with Gasteiger partial charge in [0.1, 0.15) is 22.2 Å². The minimum atomic E-state index is 0.281. The number of aromatic hydroxyl groups is 1. The number of nitrogens with one attached hydrogen (secondary N) is 1. The molecule has 1 aliphatic carbocycles. The zero-order chi connectivity index (χ0) is 18.2. The SMILES string of the molecule is Oc1ccc(CNc2nc(C3CC3)nc3scc(-c4ccccc4)c23)cc1. The molecule has 5 rings (SSSR count). The second kappa shape index (κ2) is 6.67. The van der Waals surface area contributed by atoms with E-state index in [-0.39, 0.29) is 5.75 Å². The van der Waals surface area contributed by atoms with Gasteiger partial charge in [0, 0.05) is 23.4 Å². The first-order valence-corrected chi connectivity index (χ1v) is 10.0. The van der Waals surface area contributed by atoms with E-state index in [9.17, 15) is 5.11 Å². The molecule has 1 aliphatic rings. The van der Waals surface area contributed by atoms with E-state index in [0.717, 1.165) is 27.4 Å². The highest BCUT2D eigenvalue weighted by molar-refractivity contribution is 7.17. The molecule has 134 valence electrons. The van der Waals surface area contributed by atoms with Crippen LogP contribution in [0.3, 0.4) is 0 Å². The molecule has 0 aliphatic heterocycles. The summed E-state index contributed by atoms with van der Waals surface area (Å²) >= 11 is 1.68. The van der Waals surface area contributed by atoms with Gasteiger partial charge in [0.25, 0.3) is 0 Å².